The van der Waals surface area contributed by atoms with Crippen LogP contribution in [-0.4, -0.2) is 10.7 Å². The normalized spacial score (nSPS) is 12.8. The predicted octanol–water partition coefficient (Wildman–Crippen LogP) is 3.56. The van der Waals surface area contributed by atoms with Crippen molar-refractivity contribution in [2.24, 2.45) is 5.92 Å². The Morgan fingerprint density at radius 1 is 1.44 bits per heavy atom. The average molecular weight is 238 g/mol. The highest BCUT2D eigenvalue weighted by Gasteiger charge is 2.07. The molecule has 1 aromatic heterocycles. The summed E-state index contributed by atoms with van der Waals surface area (Å²) < 4.78 is 0. The molecule has 1 aromatic rings. The molecule has 1 rings (SSSR count). The fourth-order valence-electron chi connectivity index (χ4n) is 1.41. The lowest BCUT2D eigenvalue weighted by Crippen LogP contribution is -2.02. The highest BCUT2D eigenvalue weighted by atomic mass is 32.2. The number of thioether (sulfide) groups is 1. The van der Waals surface area contributed by atoms with Gasteiger partial charge in [-0.25, -0.2) is 0 Å². The van der Waals surface area contributed by atoms with Crippen LogP contribution in [0.15, 0.2) is 6.20 Å². The van der Waals surface area contributed by atoms with E-state index < -0.39 is 0 Å². The van der Waals surface area contributed by atoms with E-state index in [1.165, 1.54) is 12.2 Å². The van der Waals surface area contributed by atoms with Crippen molar-refractivity contribution in [2.75, 3.05) is 11.5 Å². The fraction of sp³-hybridized carbons (Fsp3) is 0.615. The summed E-state index contributed by atoms with van der Waals surface area (Å²) in [4.78, 5) is 4.46. The molecule has 0 saturated carbocycles. The molecule has 1 heterocycles. The molecule has 16 heavy (non-hydrogen) atoms. The number of hydrogen-bond donors (Lipinski definition) is 1. The van der Waals surface area contributed by atoms with Crippen LogP contribution in [-0.2, 0) is 5.75 Å². The van der Waals surface area contributed by atoms with Gasteiger partial charge in [0.15, 0.2) is 0 Å². The molecule has 0 fully saturated rings. The Hall–Kier alpha value is -0.700. The Morgan fingerprint density at radius 3 is 2.75 bits per heavy atom. The highest BCUT2D eigenvalue weighted by Crippen LogP contribution is 2.23. The van der Waals surface area contributed by atoms with Crippen LogP contribution in [0, 0.1) is 19.8 Å². The van der Waals surface area contributed by atoms with E-state index >= 15 is 0 Å². The maximum Gasteiger partial charge on any atom is 0.0552 e. The number of aromatic nitrogens is 1. The molecule has 0 radical (unpaired) electrons. The van der Waals surface area contributed by atoms with E-state index in [1.54, 1.807) is 0 Å². The fourth-order valence-corrected chi connectivity index (χ4v) is 2.65. The number of nitrogens with two attached hydrogens (primary N) is 1. The van der Waals surface area contributed by atoms with Crippen LogP contribution in [0.1, 0.15) is 37.1 Å². The molecule has 0 saturated heterocycles. The van der Waals surface area contributed by atoms with Gasteiger partial charge < -0.3 is 5.73 Å². The minimum Gasteiger partial charge on any atom is -0.398 e. The van der Waals surface area contributed by atoms with Crippen molar-refractivity contribution in [3.63, 3.8) is 0 Å². The summed E-state index contributed by atoms with van der Waals surface area (Å²) in [5.74, 6) is 2.96. The van der Waals surface area contributed by atoms with Crippen molar-refractivity contribution in [1.29, 1.82) is 0 Å². The molecular formula is C13H22N2S. The van der Waals surface area contributed by atoms with Gasteiger partial charge in [0.2, 0.25) is 0 Å². The van der Waals surface area contributed by atoms with Gasteiger partial charge in [-0.3, -0.25) is 4.98 Å². The lowest BCUT2D eigenvalue weighted by molar-refractivity contribution is 0.637. The number of anilines is 1. The molecule has 1 unspecified atom stereocenters. The van der Waals surface area contributed by atoms with Crippen molar-refractivity contribution >= 4 is 17.4 Å². The van der Waals surface area contributed by atoms with Crippen LogP contribution in [0.2, 0.25) is 0 Å². The van der Waals surface area contributed by atoms with Crippen molar-refractivity contribution < 1.29 is 0 Å². The zero-order valence-electron chi connectivity index (χ0n) is 10.7. The molecular weight excluding hydrogens is 216 g/mol. The van der Waals surface area contributed by atoms with Gasteiger partial charge in [0.05, 0.1) is 5.69 Å². The van der Waals surface area contributed by atoms with Crippen LogP contribution in [0.25, 0.3) is 0 Å². The Kier molecular flexibility index (Phi) is 5.13. The summed E-state index contributed by atoms with van der Waals surface area (Å²) in [6.45, 7) is 8.59. The average Bonchev–Trinajstić information content (AvgIpc) is 2.29. The zero-order valence-corrected chi connectivity index (χ0v) is 11.5. The second kappa shape index (κ2) is 6.14. The topological polar surface area (TPSA) is 38.9 Å². The van der Waals surface area contributed by atoms with Gasteiger partial charge >= 0.3 is 0 Å². The summed E-state index contributed by atoms with van der Waals surface area (Å²) >= 11 is 1.95. The molecule has 3 heteroatoms. The van der Waals surface area contributed by atoms with Crippen molar-refractivity contribution in [3.05, 3.63) is 23.0 Å². The molecule has 0 spiro atoms. The van der Waals surface area contributed by atoms with Crippen LogP contribution < -0.4 is 5.73 Å². The minimum absolute atomic E-state index is 0.785. The molecule has 0 aliphatic heterocycles. The molecule has 0 aliphatic carbocycles. The van der Waals surface area contributed by atoms with Gasteiger partial charge in [-0.2, -0.15) is 11.8 Å². The first-order chi connectivity index (χ1) is 7.56. The van der Waals surface area contributed by atoms with E-state index in [0.717, 1.165) is 34.2 Å². The van der Waals surface area contributed by atoms with Gasteiger partial charge in [-0.1, -0.05) is 20.3 Å². The lowest BCUT2D eigenvalue weighted by Gasteiger charge is -2.11. The first kappa shape index (κ1) is 13.4. The minimum atomic E-state index is 0.785. The second-order valence-electron chi connectivity index (χ2n) is 4.46. The first-order valence-corrected chi connectivity index (χ1v) is 7.00. The molecule has 2 N–H and O–H groups in total. The van der Waals surface area contributed by atoms with E-state index in [0.29, 0.717) is 0 Å². The number of rotatable bonds is 5. The monoisotopic (exact) mass is 238 g/mol. The Balaban J connectivity index is 2.58. The van der Waals surface area contributed by atoms with E-state index in [9.17, 15) is 0 Å². The number of hydrogen-bond acceptors (Lipinski definition) is 3. The van der Waals surface area contributed by atoms with E-state index in [-0.39, 0.29) is 0 Å². The smallest absolute Gasteiger partial charge is 0.0552 e. The summed E-state index contributed by atoms with van der Waals surface area (Å²) in [7, 11) is 0. The first-order valence-electron chi connectivity index (χ1n) is 5.84. The predicted molar refractivity (Wildman–Crippen MR) is 73.7 cm³/mol. The summed E-state index contributed by atoms with van der Waals surface area (Å²) in [6.07, 6.45) is 3.12. The third-order valence-corrected chi connectivity index (χ3v) is 4.30. The second-order valence-corrected chi connectivity index (χ2v) is 5.49. The van der Waals surface area contributed by atoms with E-state index in [4.69, 9.17) is 5.73 Å². The van der Waals surface area contributed by atoms with E-state index in [1.807, 2.05) is 24.9 Å². The van der Waals surface area contributed by atoms with Crippen LogP contribution in [0.5, 0.6) is 0 Å². The van der Waals surface area contributed by atoms with Gasteiger partial charge in [0, 0.05) is 17.6 Å². The van der Waals surface area contributed by atoms with Crippen LogP contribution in [0.4, 0.5) is 5.69 Å². The van der Waals surface area contributed by atoms with Crippen molar-refractivity contribution in [3.8, 4) is 0 Å². The summed E-state index contributed by atoms with van der Waals surface area (Å²) in [6, 6.07) is 0. The SMILES string of the molecule is CCC(C)CSCc1ncc(C)c(N)c1C. The quantitative estimate of drug-likeness (QED) is 0.852. The Bertz CT molecular complexity index is 350. The van der Waals surface area contributed by atoms with Crippen LogP contribution >= 0.6 is 11.8 Å². The van der Waals surface area contributed by atoms with Crippen molar-refractivity contribution in [2.45, 2.75) is 39.9 Å². The molecule has 0 bridgehead atoms. The number of aryl methyl sites for hydroxylation is 1. The van der Waals surface area contributed by atoms with Gasteiger partial charge in [-0.15, -0.1) is 0 Å². The molecule has 1 atom stereocenters. The molecule has 90 valence electrons. The Labute approximate surface area is 103 Å². The standard InChI is InChI=1S/C13H22N2S/c1-5-9(2)7-16-8-12-11(4)13(14)10(3)6-15-12/h6,9H,5,7-8H2,1-4H3,(H2,14,15). The van der Waals surface area contributed by atoms with E-state index in [2.05, 4.69) is 25.8 Å². The maximum absolute atomic E-state index is 5.99. The molecule has 0 aliphatic rings. The zero-order chi connectivity index (χ0) is 12.1. The van der Waals surface area contributed by atoms with Gasteiger partial charge in [-0.05, 0) is 36.6 Å². The largest absolute Gasteiger partial charge is 0.398 e. The van der Waals surface area contributed by atoms with Crippen LogP contribution in [0.3, 0.4) is 0 Å². The summed E-state index contributed by atoms with van der Waals surface area (Å²) in [5.41, 5.74) is 10.3. The number of nitrogen functional groups attached to an aromatic ring is 1. The van der Waals surface area contributed by atoms with Gasteiger partial charge in [0.25, 0.3) is 0 Å². The maximum atomic E-state index is 5.99. The number of pyridine rings is 1. The lowest BCUT2D eigenvalue weighted by atomic mass is 10.1. The third-order valence-electron chi connectivity index (χ3n) is 3.01. The van der Waals surface area contributed by atoms with Gasteiger partial charge in [0.1, 0.15) is 0 Å². The molecule has 0 aromatic carbocycles. The third kappa shape index (κ3) is 3.41. The van der Waals surface area contributed by atoms with Crippen molar-refractivity contribution in [1.82, 2.24) is 4.98 Å². The molecule has 2 nitrogen and oxygen atoms in total. The summed E-state index contributed by atoms with van der Waals surface area (Å²) in [5, 5.41) is 0. The highest BCUT2D eigenvalue weighted by molar-refractivity contribution is 7.98. The Morgan fingerprint density at radius 2 is 2.12 bits per heavy atom. The number of nitrogens with zero attached hydrogens (tertiary/aromatic N) is 1. The molecule has 0 amide bonds.